The fourth-order valence-corrected chi connectivity index (χ4v) is 3.69. The number of fused-ring (bicyclic) bond motifs is 1. The zero-order valence-corrected chi connectivity index (χ0v) is 16.0. The first-order valence-corrected chi connectivity index (χ1v) is 9.49. The van der Waals surface area contributed by atoms with Gasteiger partial charge in [0.15, 0.2) is 11.8 Å². The summed E-state index contributed by atoms with van der Waals surface area (Å²) in [5.74, 6) is 1.77. The highest BCUT2D eigenvalue weighted by atomic mass is 16.6. The number of ether oxygens (including phenoxy) is 3. The van der Waals surface area contributed by atoms with E-state index >= 15 is 0 Å². The highest BCUT2D eigenvalue weighted by Crippen LogP contribution is 2.39. The van der Waals surface area contributed by atoms with Crippen LogP contribution in [0.1, 0.15) is 11.6 Å². The Bertz CT molecular complexity index is 984. The van der Waals surface area contributed by atoms with Crippen LogP contribution in [0.25, 0.3) is 0 Å². The number of hydrogen-bond donors (Lipinski definition) is 1. The number of morpholine rings is 1. The molecule has 0 spiro atoms. The molecule has 1 fully saturated rings. The van der Waals surface area contributed by atoms with Crippen LogP contribution in [0.4, 0.5) is 11.4 Å². The molecular formula is C20H20N3O7+. The van der Waals surface area contributed by atoms with E-state index in [1.54, 1.807) is 18.2 Å². The zero-order valence-electron chi connectivity index (χ0n) is 16.0. The predicted octanol–water partition coefficient (Wildman–Crippen LogP) is 1.81. The Morgan fingerprint density at radius 1 is 1.03 bits per heavy atom. The molecule has 1 atom stereocenters. The minimum atomic E-state index is -0.468. The summed E-state index contributed by atoms with van der Waals surface area (Å²) in [4.78, 5) is 22.3. The third kappa shape index (κ3) is 4.09. The molecule has 156 valence electrons. The average Bonchev–Trinajstić information content (AvgIpc) is 3.12. The van der Waals surface area contributed by atoms with Crippen molar-refractivity contribution < 1.29 is 29.0 Å². The Hall–Kier alpha value is -3.50. The minimum absolute atomic E-state index is 0.00661. The van der Waals surface area contributed by atoms with Gasteiger partial charge in [-0.1, -0.05) is 0 Å². The van der Waals surface area contributed by atoms with E-state index in [2.05, 4.69) is 0 Å². The molecule has 2 aliphatic heterocycles. The summed E-state index contributed by atoms with van der Waals surface area (Å²) < 4.78 is 17.1. The molecule has 10 heteroatoms. The van der Waals surface area contributed by atoms with Crippen LogP contribution in [0, 0.1) is 20.2 Å². The lowest BCUT2D eigenvalue weighted by Gasteiger charge is -2.29. The molecule has 0 radical (unpaired) electrons. The van der Waals surface area contributed by atoms with E-state index in [0.29, 0.717) is 30.5 Å². The standard InChI is InChI=1S/C20H19N3O7/c24-22(25)14-1-4-16(5-2-14)29-10-7-19-20(21-8-11-28-12-9-21)17-13-15(23(26)27)3-6-18(17)30-19/h1-7,13,20H,8-12H2/p+1/b19-7-/t20-/m0/s1. The lowest BCUT2D eigenvalue weighted by Crippen LogP contribution is -3.14. The number of non-ortho nitro benzene ring substituents is 2. The highest BCUT2D eigenvalue weighted by molar-refractivity contribution is 5.50. The van der Waals surface area contributed by atoms with Gasteiger partial charge in [-0.15, -0.1) is 0 Å². The molecule has 0 bridgehead atoms. The summed E-state index contributed by atoms with van der Waals surface area (Å²) in [6, 6.07) is 10.3. The maximum atomic E-state index is 11.2. The molecule has 2 aromatic carbocycles. The van der Waals surface area contributed by atoms with E-state index in [1.807, 2.05) is 0 Å². The van der Waals surface area contributed by atoms with E-state index in [9.17, 15) is 20.2 Å². The topological polar surface area (TPSA) is 118 Å². The van der Waals surface area contributed by atoms with Crippen LogP contribution in [0.2, 0.25) is 0 Å². The first-order chi connectivity index (χ1) is 14.5. The first kappa shape index (κ1) is 19.8. The van der Waals surface area contributed by atoms with E-state index in [4.69, 9.17) is 14.2 Å². The Morgan fingerprint density at radius 3 is 2.37 bits per heavy atom. The van der Waals surface area contributed by atoms with Crippen molar-refractivity contribution in [1.82, 2.24) is 0 Å². The Labute approximate surface area is 171 Å². The summed E-state index contributed by atoms with van der Waals surface area (Å²) in [5, 5.41) is 22.0. The van der Waals surface area contributed by atoms with Crippen molar-refractivity contribution in [2.24, 2.45) is 0 Å². The van der Waals surface area contributed by atoms with Gasteiger partial charge in [0.25, 0.3) is 11.4 Å². The smallest absolute Gasteiger partial charge is 0.270 e. The molecular weight excluding hydrogens is 394 g/mol. The zero-order chi connectivity index (χ0) is 21.1. The van der Waals surface area contributed by atoms with Crippen molar-refractivity contribution in [3.63, 3.8) is 0 Å². The van der Waals surface area contributed by atoms with Gasteiger partial charge in [-0.3, -0.25) is 20.2 Å². The highest BCUT2D eigenvalue weighted by Gasteiger charge is 2.39. The molecule has 30 heavy (non-hydrogen) atoms. The van der Waals surface area contributed by atoms with Crippen molar-refractivity contribution in [1.29, 1.82) is 0 Å². The molecule has 0 aliphatic carbocycles. The van der Waals surface area contributed by atoms with Gasteiger partial charge in [0.05, 0.1) is 28.6 Å². The largest absolute Gasteiger partial charge is 0.489 e. The number of nitrogens with one attached hydrogen (secondary N) is 1. The van der Waals surface area contributed by atoms with Crippen molar-refractivity contribution in [3.8, 4) is 11.5 Å². The number of nitro benzene ring substituents is 2. The molecule has 2 aliphatic rings. The van der Waals surface area contributed by atoms with E-state index in [1.165, 1.54) is 35.2 Å². The van der Waals surface area contributed by atoms with Gasteiger partial charge in [0.1, 0.15) is 31.2 Å². The number of benzene rings is 2. The van der Waals surface area contributed by atoms with Crippen LogP contribution in [0.5, 0.6) is 11.5 Å². The maximum Gasteiger partial charge on any atom is 0.270 e. The number of hydrogen-bond acceptors (Lipinski definition) is 7. The lowest BCUT2D eigenvalue weighted by atomic mass is 10.0. The number of rotatable bonds is 6. The van der Waals surface area contributed by atoms with Gasteiger partial charge in [-0.25, -0.2) is 0 Å². The van der Waals surface area contributed by atoms with Gasteiger partial charge in [0.2, 0.25) is 0 Å². The molecule has 0 unspecified atom stereocenters. The predicted molar refractivity (Wildman–Crippen MR) is 105 cm³/mol. The van der Waals surface area contributed by atoms with Crippen LogP contribution in [0.15, 0.2) is 54.3 Å². The fourth-order valence-electron chi connectivity index (χ4n) is 3.69. The molecule has 2 aromatic rings. The van der Waals surface area contributed by atoms with Gasteiger partial charge >= 0.3 is 0 Å². The monoisotopic (exact) mass is 414 g/mol. The summed E-state index contributed by atoms with van der Waals surface area (Å²) in [5.41, 5.74) is 0.800. The lowest BCUT2D eigenvalue weighted by molar-refractivity contribution is -0.933. The van der Waals surface area contributed by atoms with Gasteiger partial charge < -0.3 is 19.1 Å². The van der Waals surface area contributed by atoms with Crippen molar-refractivity contribution in [2.45, 2.75) is 6.04 Å². The van der Waals surface area contributed by atoms with E-state index in [-0.39, 0.29) is 24.0 Å². The maximum absolute atomic E-state index is 11.2. The Kier molecular flexibility index (Phi) is 5.59. The van der Waals surface area contributed by atoms with E-state index < -0.39 is 9.85 Å². The Morgan fingerprint density at radius 2 is 1.70 bits per heavy atom. The van der Waals surface area contributed by atoms with Crippen LogP contribution in [-0.4, -0.2) is 42.8 Å². The van der Waals surface area contributed by atoms with Crippen molar-refractivity contribution in [2.75, 3.05) is 32.9 Å². The second kappa shape index (κ2) is 8.47. The average molecular weight is 414 g/mol. The fraction of sp³-hybridized carbons (Fsp3) is 0.300. The van der Waals surface area contributed by atoms with Crippen LogP contribution < -0.4 is 14.4 Å². The third-order valence-electron chi connectivity index (χ3n) is 5.15. The second-order valence-electron chi connectivity index (χ2n) is 6.95. The molecule has 1 saturated heterocycles. The summed E-state index contributed by atoms with van der Waals surface area (Å²) in [7, 11) is 0. The Balaban J connectivity index is 1.54. The number of nitrogens with zero attached hydrogens (tertiary/aromatic N) is 2. The molecule has 0 amide bonds. The SMILES string of the molecule is O=[N+]([O-])c1ccc(OC/C=C2\Oc3ccc([N+](=O)[O-])cc3[C@@H]2[NH+]2CCOCC2)cc1. The van der Waals surface area contributed by atoms with Gasteiger partial charge in [0, 0.05) is 24.3 Å². The molecule has 0 aromatic heterocycles. The molecule has 2 heterocycles. The molecule has 0 saturated carbocycles. The van der Waals surface area contributed by atoms with Crippen LogP contribution >= 0.6 is 0 Å². The van der Waals surface area contributed by atoms with Gasteiger partial charge in [-0.2, -0.15) is 0 Å². The summed E-state index contributed by atoms with van der Waals surface area (Å²) in [6.07, 6.45) is 1.81. The quantitative estimate of drug-likeness (QED) is 0.566. The minimum Gasteiger partial charge on any atom is -0.489 e. The third-order valence-corrected chi connectivity index (χ3v) is 5.15. The number of quaternary nitrogens is 1. The van der Waals surface area contributed by atoms with Crippen molar-refractivity contribution >= 4 is 11.4 Å². The van der Waals surface area contributed by atoms with Crippen molar-refractivity contribution in [3.05, 3.63) is 80.1 Å². The summed E-state index contributed by atoms with van der Waals surface area (Å²) in [6.45, 7) is 2.95. The summed E-state index contributed by atoms with van der Waals surface area (Å²) >= 11 is 0. The molecule has 10 nitrogen and oxygen atoms in total. The van der Waals surface area contributed by atoms with Crippen LogP contribution in [-0.2, 0) is 4.74 Å². The normalized spacial score (nSPS) is 19.9. The second-order valence-corrected chi connectivity index (χ2v) is 6.95. The molecule has 1 N–H and O–H groups in total. The first-order valence-electron chi connectivity index (χ1n) is 9.49. The van der Waals surface area contributed by atoms with Crippen LogP contribution in [0.3, 0.4) is 0 Å². The molecule has 4 rings (SSSR count). The van der Waals surface area contributed by atoms with E-state index in [0.717, 1.165) is 18.7 Å². The number of nitro groups is 2. The van der Waals surface area contributed by atoms with Gasteiger partial charge in [-0.05, 0) is 24.3 Å².